The summed E-state index contributed by atoms with van der Waals surface area (Å²) >= 11 is 0. The molecule has 1 fully saturated rings. The molecule has 106 valence electrons. The fourth-order valence-corrected chi connectivity index (χ4v) is 4.02. The molecule has 1 saturated carbocycles. The van der Waals surface area contributed by atoms with E-state index in [0.29, 0.717) is 17.6 Å². The quantitative estimate of drug-likeness (QED) is 0.759. The molecule has 4 rings (SSSR count). The Kier molecular flexibility index (Phi) is 2.95. The van der Waals surface area contributed by atoms with E-state index in [9.17, 15) is 4.79 Å². The van der Waals surface area contributed by atoms with Crippen LogP contribution in [0.2, 0.25) is 0 Å². The summed E-state index contributed by atoms with van der Waals surface area (Å²) in [5, 5.41) is 0. The number of benzene rings is 2. The van der Waals surface area contributed by atoms with Gasteiger partial charge in [-0.25, -0.2) is 0 Å². The summed E-state index contributed by atoms with van der Waals surface area (Å²) in [6.45, 7) is 2.14. The Hall–Kier alpha value is -1.89. The Morgan fingerprint density at radius 1 is 1.10 bits per heavy atom. The van der Waals surface area contributed by atoms with Crippen molar-refractivity contribution in [3.63, 3.8) is 0 Å². The minimum absolute atomic E-state index is 0.223. The predicted octanol–water partition coefficient (Wildman–Crippen LogP) is 4.41. The normalized spacial score (nSPS) is 25.9. The molecule has 1 heteroatoms. The second-order valence-corrected chi connectivity index (χ2v) is 6.37. The van der Waals surface area contributed by atoms with Crippen molar-refractivity contribution in [1.29, 1.82) is 0 Å². The SMILES string of the molecule is CCc1ccc(C(=O)C2C3CCc4ccccc4C32)cc1. The molecule has 21 heavy (non-hydrogen) atoms. The largest absolute Gasteiger partial charge is 0.294 e. The summed E-state index contributed by atoms with van der Waals surface area (Å²) in [6, 6.07) is 16.9. The third-order valence-corrected chi connectivity index (χ3v) is 5.28. The first kappa shape index (κ1) is 12.8. The number of carbonyl (C=O) groups is 1. The highest BCUT2D eigenvalue weighted by Crippen LogP contribution is 2.60. The van der Waals surface area contributed by atoms with Gasteiger partial charge < -0.3 is 0 Å². The van der Waals surface area contributed by atoms with Crippen molar-refractivity contribution < 1.29 is 4.79 Å². The summed E-state index contributed by atoms with van der Waals surface area (Å²) in [5.74, 6) is 1.64. The number of ketones is 1. The number of carbonyl (C=O) groups excluding carboxylic acids is 1. The van der Waals surface area contributed by atoms with Crippen molar-refractivity contribution in [2.24, 2.45) is 11.8 Å². The van der Waals surface area contributed by atoms with Crippen LogP contribution >= 0.6 is 0 Å². The van der Waals surface area contributed by atoms with Gasteiger partial charge in [-0.15, -0.1) is 0 Å². The Balaban J connectivity index is 1.60. The molecular formula is C20H20O. The summed E-state index contributed by atoms with van der Waals surface area (Å²) in [6.07, 6.45) is 3.33. The van der Waals surface area contributed by atoms with E-state index >= 15 is 0 Å². The standard InChI is InChI=1S/C20H20O/c1-2-13-7-9-15(10-8-13)20(21)19-17-12-11-14-5-3-4-6-16(14)18(17)19/h3-10,17-19H,2,11-12H2,1H3. The zero-order chi connectivity index (χ0) is 14.4. The molecule has 1 nitrogen and oxygen atoms in total. The van der Waals surface area contributed by atoms with Gasteiger partial charge in [0.05, 0.1) is 0 Å². The van der Waals surface area contributed by atoms with Crippen LogP contribution in [0.15, 0.2) is 48.5 Å². The zero-order valence-corrected chi connectivity index (χ0v) is 12.4. The molecule has 0 aliphatic heterocycles. The molecule has 3 unspecified atom stereocenters. The number of hydrogen-bond donors (Lipinski definition) is 0. The fraction of sp³-hybridized carbons (Fsp3) is 0.350. The third kappa shape index (κ3) is 2.03. The summed E-state index contributed by atoms with van der Waals surface area (Å²) in [5.41, 5.74) is 5.07. The molecular weight excluding hydrogens is 256 g/mol. The highest BCUT2D eigenvalue weighted by atomic mass is 16.1. The average molecular weight is 276 g/mol. The number of fused-ring (bicyclic) bond motifs is 3. The zero-order valence-electron chi connectivity index (χ0n) is 12.4. The summed E-state index contributed by atoms with van der Waals surface area (Å²) < 4.78 is 0. The monoisotopic (exact) mass is 276 g/mol. The molecule has 2 aromatic rings. The highest BCUT2D eigenvalue weighted by Gasteiger charge is 2.56. The molecule has 3 atom stereocenters. The van der Waals surface area contributed by atoms with Crippen molar-refractivity contribution in [3.05, 3.63) is 70.8 Å². The molecule has 0 radical (unpaired) electrons. The molecule has 0 aromatic heterocycles. The van der Waals surface area contributed by atoms with E-state index in [1.54, 1.807) is 0 Å². The Morgan fingerprint density at radius 2 is 1.86 bits per heavy atom. The first-order chi connectivity index (χ1) is 10.3. The van der Waals surface area contributed by atoms with Crippen molar-refractivity contribution in [1.82, 2.24) is 0 Å². The first-order valence-electron chi connectivity index (χ1n) is 8.00. The maximum atomic E-state index is 12.8. The van der Waals surface area contributed by atoms with Crippen LogP contribution in [0, 0.1) is 11.8 Å². The third-order valence-electron chi connectivity index (χ3n) is 5.28. The van der Waals surface area contributed by atoms with E-state index in [2.05, 4.69) is 43.3 Å². The lowest BCUT2D eigenvalue weighted by molar-refractivity contribution is 0.0959. The van der Waals surface area contributed by atoms with E-state index in [4.69, 9.17) is 0 Å². The maximum Gasteiger partial charge on any atom is 0.166 e. The van der Waals surface area contributed by atoms with Crippen molar-refractivity contribution in [2.45, 2.75) is 32.1 Å². The molecule has 2 aromatic carbocycles. The molecule has 2 aliphatic carbocycles. The Labute approximate surface area is 126 Å². The van der Waals surface area contributed by atoms with Gasteiger partial charge in [-0.2, -0.15) is 0 Å². The lowest BCUT2D eigenvalue weighted by atomic mass is 9.92. The van der Waals surface area contributed by atoms with E-state index in [-0.39, 0.29) is 5.92 Å². The lowest BCUT2D eigenvalue weighted by Gasteiger charge is -2.13. The summed E-state index contributed by atoms with van der Waals surface area (Å²) in [7, 11) is 0. The number of aryl methyl sites for hydroxylation is 2. The minimum Gasteiger partial charge on any atom is -0.294 e. The van der Waals surface area contributed by atoms with E-state index in [1.165, 1.54) is 23.1 Å². The van der Waals surface area contributed by atoms with Crippen molar-refractivity contribution in [3.8, 4) is 0 Å². The van der Waals surface area contributed by atoms with Crippen LogP contribution in [-0.4, -0.2) is 5.78 Å². The van der Waals surface area contributed by atoms with Gasteiger partial charge in [0.2, 0.25) is 0 Å². The minimum atomic E-state index is 0.223. The maximum absolute atomic E-state index is 12.8. The van der Waals surface area contributed by atoms with Gasteiger partial charge in [-0.1, -0.05) is 55.5 Å². The van der Waals surface area contributed by atoms with Gasteiger partial charge in [0.15, 0.2) is 5.78 Å². The number of hydrogen-bond acceptors (Lipinski definition) is 1. The molecule has 0 bridgehead atoms. The molecule has 0 spiro atoms. The van der Waals surface area contributed by atoms with Crippen LogP contribution < -0.4 is 0 Å². The van der Waals surface area contributed by atoms with Crippen LogP contribution in [-0.2, 0) is 12.8 Å². The number of rotatable bonds is 3. The van der Waals surface area contributed by atoms with Crippen LogP contribution in [0.25, 0.3) is 0 Å². The van der Waals surface area contributed by atoms with Gasteiger partial charge >= 0.3 is 0 Å². The Morgan fingerprint density at radius 3 is 2.62 bits per heavy atom. The van der Waals surface area contributed by atoms with Gasteiger partial charge in [0.1, 0.15) is 0 Å². The summed E-state index contributed by atoms with van der Waals surface area (Å²) in [4.78, 5) is 12.8. The second-order valence-electron chi connectivity index (χ2n) is 6.37. The average Bonchev–Trinajstić information content (AvgIpc) is 3.29. The molecule has 2 aliphatic rings. The van der Waals surface area contributed by atoms with Crippen molar-refractivity contribution >= 4 is 5.78 Å². The van der Waals surface area contributed by atoms with Crippen molar-refractivity contribution in [2.75, 3.05) is 0 Å². The second kappa shape index (κ2) is 4.84. The molecule has 0 amide bonds. The molecule has 0 heterocycles. The Bertz CT molecular complexity index is 683. The van der Waals surface area contributed by atoms with E-state index < -0.39 is 0 Å². The van der Waals surface area contributed by atoms with Gasteiger partial charge in [-0.05, 0) is 47.8 Å². The van der Waals surface area contributed by atoms with Gasteiger partial charge in [0, 0.05) is 11.5 Å². The van der Waals surface area contributed by atoms with E-state index in [1.807, 2.05) is 12.1 Å². The van der Waals surface area contributed by atoms with E-state index in [0.717, 1.165) is 18.4 Å². The van der Waals surface area contributed by atoms with Crippen LogP contribution in [0.1, 0.15) is 46.3 Å². The van der Waals surface area contributed by atoms with Crippen LogP contribution in [0.3, 0.4) is 0 Å². The molecule has 0 saturated heterocycles. The van der Waals surface area contributed by atoms with Crippen LogP contribution in [0.4, 0.5) is 0 Å². The highest BCUT2D eigenvalue weighted by molar-refractivity contribution is 6.01. The van der Waals surface area contributed by atoms with Crippen LogP contribution in [0.5, 0.6) is 0 Å². The molecule has 0 N–H and O–H groups in total. The van der Waals surface area contributed by atoms with Gasteiger partial charge in [-0.3, -0.25) is 4.79 Å². The number of Topliss-reactive ketones (excluding diaryl/α,β-unsaturated/α-hetero) is 1. The fourth-order valence-electron chi connectivity index (χ4n) is 4.02. The topological polar surface area (TPSA) is 17.1 Å². The van der Waals surface area contributed by atoms with Gasteiger partial charge in [0.25, 0.3) is 0 Å². The smallest absolute Gasteiger partial charge is 0.166 e. The lowest BCUT2D eigenvalue weighted by Crippen LogP contribution is -2.04. The first-order valence-corrected chi connectivity index (χ1v) is 8.00. The predicted molar refractivity (Wildman–Crippen MR) is 84.6 cm³/mol.